The molecule has 0 amide bonds. The van der Waals surface area contributed by atoms with E-state index >= 15 is 0 Å². The minimum absolute atomic E-state index is 0.476. The second-order valence-corrected chi connectivity index (χ2v) is 5.59. The van der Waals surface area contributed by atoms with Crippen LogP contribution in [0.4, 0.5) is 5.69 Å². The summed E-state index contributed by atoms with van der Waals surface area (Å²) in [6.45, 7) is 0.742. The van der Waals surface area contributed by atoms with Crippen molar-refractivity contribution in [2.24, 2.45) is 0 Å². The summed E-state index contributed by atoms with van der Waals surface area (Å²) in [5.41, 5.74) is 2.14. The summed E-state index contributed by atoms with van der Waals surface area (Å²) >= 11 is 9.22. The standard InChI is InChI=1S/C12H12BrClN4/c13-11-3-8(4-17-12(11)14)16-6-10-5-15-7-18(10)9-1-2-9/h3-5,7,9,16H,1-2,6H2. The number of rotatable bonds is 4. The van der Waals surface area contributed by atoms with Crippen LogP contribution in [-0.2, 0) is 6.54 Å². The largest absolute Gasteiger partial charge is 0.378 e. The third kappa shape index (κ3) is 2.52. The smallest absolute Gasteiger partial charge is 0.143 e. The Balaban J connectivity index is 1.69. The molecule has 0 saturated heterocycles. The van der Waals surface area contributed by atoms with Crippen LogP contribution in [0.15, 0.2) is 29.3 Å². The molecular formula is C12H12BrClN4. The van der Waals surface area contributed by atoms with Crippen LogP contribution in [0, 0.1) is 0 Å². The minimum Gasteiger partial charge on any atom is -0.378 e. The predicted octanol–water partition coefficient (Wildman–Crippen LogP) is 3.64. The number of nitrogens with one attached hydrogen (secondary N) is 1. The fraction of sp³-hybridized carbons (Fsp3) is 0.333. The first-order chi connectivity index (χ1) is 8.74. The third-order valence-corrected chi connectivity index (χ3v) is 4.09. The number of hydrogen-bond donors (Lipinski definition) is 1. The van der Waals surface area contributed by atoms with Crippen molar-refractivity contribution in [2.75, 3.05) is 5.32 Å². The molecular weight excluding hydrogens is 316 g/mol. The van der Waals surface area contributed by atoms with E-state index in [1.807, 2.05) is 18.6 Å². The molecule has 0 aromatic carbocycles. The Morgan fingerprint density at radius 2 is 2.28 bits per heavy atom. The minimum atomic E-state index is 0.476. The van der Waals surface area contributed by atoms with Gasteiger partial charge in [0.1, 0.15) is 5.15 Å². The summed E-state index contributed by atoms with van der Waals surface area (Å²) in [5.74, 6) is 0. The molecule has 1 saturated carbocycles. The molecule has 0 atom stereocenters. The fourth-order valence-electron chi connectivity index (χ4n) is 1.86. The van der Waals surface area contributed by atoms with Gasteiger partial charge in [-0.2, -0.15) is 0 Å². The number of aromatic nitrogens is 3. The van der Waals surface area contributed by atoms with Crippen LogP contribution in [-0.4, -0.2) is 14.5 Å². The number of anilines is 1. The molecule has 2 aromatic heterocycles. The van der Waals surface area contributed by atoms with Crippen molar-refractivity contribution in [3.05, 3.63) is 40.1 Å². The van der Waals surface area contributed by atoms with Crippen molar-refractivity contribution in [1.29, 1.82) is 0 Å². The van der Waals surface area contributed by atoms with Crippen molar-refractivity contribution in [1.82, 2.24) is 14.5 Å². The molecule has 0 aliphatic heterocycles. The first kappa shape index (κ1) is 12.0. The average Bonchev–Trinajstić information content (AvgIpc) is 3.10. The number of nitrogens with zero attached hydrogens (tertiary/aromatic N) is 3. The molecule has 2 heterocycles. The van der Waals surface area contributed by atoms with Crippen molar-refractivity contribution in [2.45, 2.75) is 25.4 Å². The number of halogens is 2. The maximum atomic E-state index is 5.86. The molecule has 0 radical (unpaired) electrons. The van der Waals surface area contributed by atoms with E-state index in [2.05, 4.69) is 35.8 Å². The predicted molar refractivity (Wildman–Crippen MR) is 74.8 cm³/mol. The first-order valence-corrected chi connectivity index (χ1v) is 6.97. The lowest BCUT2D eigenvalue weighted by Gasteiger charge is -2.09. The molecule has 0 bridgehead atoms. The van der Waals surface area contributed by atoms with Gasteiger partial charge in [0.15, 0.2) is 0 Å². The quantitative estimate of drug-likeness (QED) is 0.872. The highest BCUT2D eigenvalue weighted by atomic mass is 79.9. The lowest BCUT2D eigenvalue weighted by molar-refractivity contribution is 0.701. The van der Waals surface area contributed by atoms with Crippen molar-refractivity contribution in [3.63, 3.8) is 0 Å². The molecule has 18 heavy (non-hydrogen) atoms. The maximum Gasteiger partial charge on any atom is 0.143 e. The number of hydrogen-bond acceptors (Lipinski definition) is 3. The van der Waals surface area contributed by atoms with Crippen LogP contribution in [0.2, 0.25) is 5.15 Å². The zero-order chi connectivity index (χ0) is 12.5. The van der Waals surface area contributed by atoms with Crippen LogP contribution in [0.3, 0.4) is 0 Å². The van der Waals surface area contributed by atoms with Gasteiger partial charge < -0.3 is 9.88 Å². The van der Waals surface area contributed by atoms with Gasteiger partial charge in [-0.1, -0.05) is 11.6 Å². The molecule has 3 rings (SSSR count). The van der Waals surface area contributed by atoms with E-state index < -0.39 is 0 Å². The average molecular weight is 328 g/mol. The summed E-state index contributed by atoms with van der Waals surface area (Å²) < 4.78 is 3.04. The Hall–Kier alpha value is -1.07. The highest BCUT2D eigenvalue weighted by Crippen LogP contribution is 2.35. The van der Waals surface area contributed by atoms with Gasteiger partial charge in [0.2, 0.25) is 0 Å². The molecule has 1 N–H and O–H groups in total. The van der Waals surface area contributed by atoms with Crippen LogP contribution in [0.1, 0.15) is 24.6 Å². The van der Waals surface area contributed by atoms with Crippen molar-refractivity contribution >= 4 is 33.2 Å². The van der Waals surface area contributed by atoms with Crippen LogP contribution < -0.4 is 5.32 Å². The van der Waals surface area contributed by atoms with E-state index in [-0.39, 0.29) is 0 Å². The Morgan fingerprint density at radius 3 is 3.00 bits per heavy atom. The molecule has 94 valence electrons. The van der Waals surface area contributed by atoms with Crippen LogP contribution in [0.5, 0.6) is 0 Å². The van der Waals surface area contributed by atoms with Gasteiger partial charge in [-0.05, 0) is 34.8 Å². The van der Waals surface area contributed by atoms with Crippen LogP contribution >= 0.6 is 27.5 Å². The molecule has 1 aliphatic rings. The second-order valence-electron chi connectivity index (χ2n) is 4.37. The summed E-state index contributed by atoms with van der Waals surface area (Å²) in [6, 6.07) is 2.58. The molecule has 1 fully saturated rings. The summed E-state index contributed by atoms with van der Waals surface area (Å²) in [6.07, 6.45) is 8.06. The molecule has 4 nitrogen and oxygen atoms in total. The molecule has 2 aromatic rings. The highest BCUT2D eigenvalue weighted by molar-refractivity contribution is 9.10. The van der Waals surface area contributed by atoms with Gasteiger partial charge in [0.25, 0.3) is 0 Å². The monoisotopic (exact) mass is 326 g/mol. The molecule has 0 spiro atoms. The number of pyridine rings is 1. The summed E-state index contributed by atoms with van der Waals surface area (Å²) in [7, 11) is 0. The van der Waals surface area contributed by atoms with Gasteiger partial charge in [-0.15, -0.1) is 0 Å². The Bertz CT molecular complexity index is 565. The van der Waals surface area contributed by atoms with Gasteiger partial charge in [-0.3, -0.25) is 0 Å². The third-order valence-electron chi connectivity index (χ3n) is 2.96. The Kier molecular flexibility index (Phi) is 3.26. The zero-order valence-corrected chi connectivity index (χ0v) is 11.9. The highest BCUT2D eigenvalue weighted by Gasteiger charge is 2.24. The first-order valence-electron chi connectivity index (χ1n) is 5.79. The van der Waals surface area contributed by atoms with E-state index in [4.69, 9.17) is 11.6 Å². The van der Waals surface area contributed by atoms with Gasteiger partial charge in [0, 0.05) is 12.2 Å². The number of imidazole rings is 1. The lowest BCUT2D eigenvalue weighted by atomic mass is 10.4. The van der Waals surface area contributed by atoms with E-state index in [0.29, 0.717) is 11.2 Å². The Labute approximate surface area is 119 Å². The fourth-order valence-corrected chi connectivity index (χ4v) is 2.31. The van der Waals surface area contributed by atoms with Crippen molar-refractivity contribution < 1.29 is 0 Å². The maximum absolute atomic E-state index is 5.86. The van der Waals surface area contributed by atoms with Crippen molar-refractivity contribution in [3.8, 4) is 0 Å². The van der Waals surface area contributed by atoms with E-state index in [1.54, 1.807) is 6.20 Å². The van der Waals surface area contributed by atoms with E-state index in [1.165, 1.54) is 18.5 Å². The van der Waals surface area contributed by atoms with Gasteiger partial charge in [-0.25, -0.2) is 9.97 Å². The summed E-state index contributed by atoms with van der Waals surface area (Å²) in [4.78, 5) is 8.29. The van der Waals surface area contributed by atoms with Gasteiger partial charge >= 0.3 is 0 Å². The Morgan fingerprint density at radius 1 is 1.44 bits per heavy atom. The van der Waals surface area contributed by atoms with Crippen LogP contribution in [0.25, 0.3) is 0 Å². The molecule has 1 aliphatic carbocycles. The second kappa shape index (κ2) is 4.90. The molecule has 6 heteroatoms. The summed E-state index contributed by atoms with van der Waals surface area (Å²) in [5, 5.41) is 3.80. The zero-order valence-electron chi connectivity index (χ0n) is 9.61. The van der Waals surface area contributed by atoms with Gasteiger partial charge in [0.05, 0.1) is 34.9 Å². The van der Waals surface area contributed by atoms with E-state index in [0.717, 1.165) is 16.7 Å². The SMILES string of the molecule is Clc1ncc(NCc2cncn2C2CC2)cc1Br. The lowest BCUT2D eigenvalue weighted by Crippen LogP contribution is -2.06. The topological polar surface area (TPSA) is 42.7 Å². The normalized spacial score (nSPS) is 14.8. The van der Waals surface area contributed by atoms with E-state index in [9.17, 15) is 0 Å². The molecule has 0 unspecified atom stereocenters.